The largest absolute Gasteiger partial charge is 0.352 e. The van der Waals surface area contributed by atoms with Gasteiger partial charge in [0.2, 0.25) is 21.8 Å². The van der Waals surface area contributed by atoms with Crippen molar-refractivity contribution in [2.45, 2.75) is 45.8 Å². The van der Waals surface area contributed by atoms with Crippen LogP contribution in [-0.2, 0) is 26.2 Å². The SMILES string of the molecule is CCC(C)NC(=O)C(C)N(Cc1ccccc1Cl)C(=O)CN(c1ccc(F)c(F)c1)S(C)(=O)=O. The van der Waals surface area contributed by atoms with Crippen LogP contribution in [0.25, 0.3) is 0 Å². The van der Waals surface area contributed by atoms with Gasteiger partial charge in [0.05, 0.1) is 11.9 Å². The number of amides is 2. The maximum Gasteiger partial charge on any atom is 0.244 e. The minimum absolute atomic E-state index is 0.0665. The number of sulfonamides is 1. The van der Waals surface area contributed by atoms with Crippen LogP contribution in [0.5, 0.6) is 0 Å². The molecular formula is C23H28ClF2N3O4S. The number of nitrogens with zero attached hydrogens (tertiary/aromatic N) is 2. The van der Waals surface area contributed by atoms with Crippen molar-refractivity contribution in [1.29, 1.82) is 0 Å². The van der Waals surface area contributed by atoms with Crippen LogP contribution in [0.2, 0.25) is 5.02 Å². The summed E-state index contributed by atoms with van der Waals surface area (Å²) in [5, 5.41) is 3.18. The predicted octanol–water partition coefficient (Wildman–Crippen LogP) is 3.72. The summed E-state index contributed by atoms with van der Waals surface area (Å²) < 4.78 is 52.7. The third-order valence-electron chi connectivity index (χ3n) is 5.34. The molecule has 186 valence electrons. The lowest BCUT2D eigenvalue weighted by Crippen LogP contribution is -2.52. The highest BCUT2D eigenvalue weighted by Gasteiger charge is 2.31. The molecule has 2 atom stereocenters. The molecule has 1 N–H and O–H groups in total. The third-order valence-corrected chi connectivity index (χ3v) is 6.85. The zero-order valence-corrected chi connectivity index (χ0v) is 21.0. The Morgan fingerprint density at radius 3 is 2.29 bits per heavy atom. The highest BCUT2D eigenvalue weighted by Crippen LogP contribution is 2.23. The molecular weight excluding hydrogens is 488 g/mol. The Kier molecular flexibility index (Phi) is 9.40. The fraction of sp³-hybridized carbons (Fsp3) is 0.391. The van der Waals surface area contributed by atoms with Gasteiger partial charge in [0.1, 0.15) is 12.6 Å². The minimum Gasteiger partial charge on any atom is -0.352 e. The topological polar surface area (TPSA) is 86.8 Å². The van der Waals surface area contributed by atoms with Crippen molar-refractivity contribution in [1.82, 2.24) is 10.2 Å². The second-order valence-corrected chi connectivity index (χ2v) is 10.3. The molecule has 11 heteroatoms. The van der Waals surface area contributed by atoms with Crippen molar-refractivity contribution in [3.63, 3.8) is 0 Å². The van der Waals surface area contributed by atoms with Gasteiger partial charge in [0, 0.05) is 23.7 Å². The standard InChI is InChI=1S/C23H28ClF2N3O4S/c1-5-15(2)27-23(31)16(3)28(13-17-8-6-7-9-19(17)24)22(30)14-29(34(4,32)33)18-10-11-20(25)21(26)12-18/h6-12,15-16H,5,13-14H2,1-4H3,(H,27,31). The van der Waals surface area contributed by atoms with Crippen LogP contribution in [0.1, 0.15) is 32.8 Å². The van der Waals surface area contributed by atoms with Gasteiger partial charge in [-0.05, 0) is 44.0 Å². The van der Waals surface area contributed by atoms with Crippen LogP contribution in [0.15, 0.2) is 42.5 Å². The number of rotatable bonds is 10. The second-order valence-electron chi connectivity index (χ2n) is 7.97. The van der Waals surface area contributed by atoms with Crippen LogP contribution < -0.4 is 9.62 Å². The van der Waals surface area contributed by atoms with E-state index in [0.29, 0.717) is 27.4 Å². The molecule has 0 aliphatic rings. The maximum atomic E-state index is 13.8. The Morgan fingerprint density at radius 2 is 1.74 bits per heavy atom. The monoisotopic (exact) mass is 515 g/mol. The van der Waals surface area contributed by atoms with Crippen molar-refractivity contribution in [3.8, 4) is 0 Å². The summed E-state index contributed by atoms with van der Waals surface area (Å²) in [5.74, 6) is -3.55. The van der Waals surface area contributed by atoms with Gasteiger partial charge >= 0.3 is 0 Å². The zero-order chi connectivity index (χ0) is 25.6. The molecule has 2 amide bonds. The third kappa shape index (κ3) is 7.14. The Bertz CT molecular complexity index is 1150. The lowest BCUT2D eigenvalue weighted by Gasteiger charge is -2.32. The number of hydrogen-bond donors (Lipinski definition) is 1. The van der Waals surface area contributed by atoms with E-state index >= 15 is 0 Å². The highest BCUT2D eigenvalue weighted by molar-refractivity contribution is 7.92. The predicted molar refractivity (Wildman–Crippen MR) is 128 cm³/mol. The van der Waals surface area contributed by atoms with Gasteiger partial charge in [-0.25, -0.2) is 17.2 Å². The van der Waals surface area contributed by atoms with Crippen LogP contribution in [0.4, 0.5) is 14.5 Å². The molecule has 2 rings (SSSR count). The van der Waals surface area contributed by atoms with E-state index in [-0.39, 0.29) is 18.3 Å². The molecule has 0 aromatic heterocycles. The average Bonchev–Trinajstić information content (AvgIpc) is 2.77. The summed E-state index contributed by atoms with van der Waals surface area (Å²) in [7, 11) is -4.06. The molecule has 34 heavy (non-hydrogen) atoms. The molecule has 0 spiro atoms. The van der Waals surface area contributed by atoms with Gasteiger partial charge in [0.15, 0.2) is 11.6 Å². The molecule has 0 radical (unpaired) electrons. The van der Waals surface area contributed by atoms with Crippen molar-refractivity contribution < 1.29 is 26.8 Å². The summed E-state index contributed by atoms with van der Waals surface area (Å²) >= 11 is 6.25. The van der Waals surface area contributed by atoms with Gasteiger partial charge < -0.3 is 10.2 Å². The number of benzene rings is 2. The highest BCUT2D eigenvalue weighted by atomic mass is 35.5. The molecule has 2 aromatic rings. The first-order chi connectivity index (χ1) is 15.8. The first-order valence-electron chi connectivity index (χ1n) is 10.6. The average molecular weight is 516 g/mol. The Hall–Kier alpha value is -2.72. The van der Waals surface area contributed by atoms with Crippen LogP contribution in [-0.4, -0.2) is 50.0 Å². The molecule has 0 fully saturated rings. The van der Waals surface area contributed by atoms with E-state index in [4.69, 9.17) is 11.6 Å². The van der Waals surface area contributed by atoms with Gasteiger partial charge in [-0.3, -0.25) is 13.9 Å². The number of carbonyl (C=O) groups is 2. The molecule has 0 aliphatic carbocycles. The van der Waals surface area contributed by atoms with Crippen LogP contribution >= 0.6 is 11.6 Å². The van der Waals surface area contributed by atoms with Crippen LogP contribution in [0.3, 0.4) is 0 Å². The lowest BCUT2D eigenvalue weighted by atomic mass is 10.1. The summed E-state index contributed by atoms with van der Waals surface area (Å²) in [6, 6.07) is 8.18. The molecule has 0 saturated carbocycles. The van der Waals surface area contributed by atoms with Gasteiger partial charge in [-0.15, -0.1) is 0 Å². The summed E-state index contributed by atoms with van der Waals surface area (Å²) in [6.07, 6.45) is 1.52. The number of carbonyl (C=O) groups excluding carboxylic acids is 2. The van der Waals surface area contributed by atoms with E-state index in [0.717, 1.165) is 18.4 Å². The minimum atomic E-state index is -4.06. The summed E-state index contributed by atoms with van der Waals surface area (Å²) in [4.78, 5) is 27.4. The smallest absolute Gasteiger partial charge is 0.244 e. The van der Waals surface area contributed by atoms with Crippen molar-refractivity contribution in [2.75, 3.05) is 17.1 Å². The molecule has 0 aliphatic heterocycles. The normalized spacial score (nSPS) is 13.1. The van der Waals surface area contributed by atoms with E-state index in [1.165, 1.54) is 11.8 Å². The number of nitrogens with one attached hydrogen (secondary N) is 1. The Morgan fingerprint density at radius 1 is 1.09 bits per heavy atom. The van der Waals surface area contributed by atoms with Gasteiger partial charge in [0.25, 0.3) is 0 Å². The molecule has 0 heterocycles. The van der Waals surface area contributed by atoms with E-state index in [1.54, 1.807) is 24.3 Å². The van der Waals surface area contributed by atoms with E-state index in [9.17, 15) is 26.8 Å². The van der Waals surface area contributed by atoms with E-state index < -0.39 is 46.1 Å². The molecule has 0 bridgehead atoms. The summed E-state index contributed by atoms with van der Waals surface area (Å²) in [6.45, 7) is 4.44. The lowest BCUT2D eigenvalue weighted by molar-refractivity contribution is -0.139. The van der Waals surface area contributed by atoms with Gasteiger partial charge in [-0.2, -0.15) is 0 Å². The van der Waals surface area contributed by atoms with Crippen molar-refractivity contribution in [3.05, 3.63) is 64.7 Å². The van der Waals surface area contributed by atoms with Crippen LogP contribution in [0, 0.1) is 11.6 Å². The van der Waals surface area contributed by atoms with E-state index in [1.807, 2.05) is 13.8 Å². The number of anilines is 1. The molecule has 2 aromatic carbocycles. The molecule has 7 nitrogen and oxygen atoms in total. The first kappa shape index (κ1) is 27.5. The van der Waals surface area contributed by atoms with Crippen molar-refractivity contribution in [2.24, 2.45) is 0 Å². The second kappa shape index (κ2) is 11.6. The zero-order valence-electron chi connectivity index (χ0n) is 19.4. The number of halogens is 3. The number of hydrogen-bond acceptors (Lipinski definition) is 4. The fourth-order valence-corrected chi connectivity index (χ4v) is 4.15. The molecule has 2 unspecified atom stereocenters. The van der Waals surface area contributed by atoms with E-state index in [2.05, 4.69) is 5.32 Å². The summed E-state index contributed by atoms with van der Waals surface area (Å²) in [5.41, 5.74) is 0.337. The fourth-order valence-electron chi connectivity index (χ4n) is 3.11. The van der Waals surface area contributed by atoms with Gasteiger partial charge in [-0.1, -0.05) is 36.7 Å². The Labute approximate surface area is 203 Å². The quantitative estimate of drug-likeness (QED) is 0.522. The Balaban J connectivity index is 2.42. The van der Waals surface area contributed by atoms with Crippen molar-refractivity contribution >= 4 is 39.1 Å². The maximum absolute atomic E-state index is 13.8. The first-order valence-corrected chi connectivity index (χ1v) is 12.8. The molecule has 0 saturated heterocycles.